The predicted octanol–water partition coefficient (Wildman–Crippen LogP) is 2.04. The van der Waals surface area contributed by atoms with Crippen LogP contribution in [0.5, 0.6) is 0 Å². The van der Waals surface area contributed by atoms with Crippen molar-refractivity contribution in [3.63, 3.8) is 0 Å². The summed E-state index contributed by atoms with van der Waals surface area (Å²) in [6, 6.07) is 10.0. The van der Waals surface area contributed by atoms with E-state index in [4.69, 9.17) is 11.5 Å². The van der Waals surface area contributed by atoms with E-state index in [1.165, 1.54) is 4.88 Å². The SMILES string of the molecule is I.NC(N)=NCCN(Cc1cccs1)c1ccccn1. The maximum absolute atomic E-state index is 5.35. The van der Waals surface area contributed by atoms with Crippen LogP contribution in [0, 0.1) is 0 Å². The van der Waals surface area contributed by atoms with Gasteiger partial charge in [0.2, 0.25) is 0 Å². The van der Waals surface area contributed by atoms with Crippen molar-refractivity contribution in [3.8, 4) is 0 Å². The molecule has 5 nitrogen and oxygen atoms in total. The number of nitrogens with zero attached hydrogens (tertiary/aromatic N) is 3. The molecule has 0 fully saturated rings. The van der Waals surface area contributed by atoms with Gasteiger partial charge in [0.25, 0.3) is 0 Å². The highest BCUT2D eigenvalue weighted by Crippen LogP contribution is 2.16. The summed E-state index contributed by atoms with van der Waals surface area (Å²) in [5, 5.41) is 2.07. The van der Waals surface area contributed by atoms with E-state index in [0.717, 1.165) is 18.9 Å². The first-order valence-electron chi connectivity index (χ1n) is 5.99. The smallest absolute Gasteiger partial charge is 0.185 e. The lowest BCUT2D eigenvalue weighted by molar-refractivity contribution is 0.783. The molecule has 0 spiro atoms. The van der Waals surface area contributed by atoms with E-state index in [1.54, 1.807) is 17.5 Å². The van der Waals surface area contributed by atoms with Crippen molar-refractivity contribution in [2.45, 2.75) is 6.54 Å². The van der Waals surface area contributed by atoms with Crippen LogP contribution in [0.15, 0.2) is 46.9 Å². The van der Waals surface area contributed by atoms with Crippen LogP contribution in [0.3, 0.4) is 0 Å². The fraction of sp³-hybridized carbons (Fsp3) is 0.231. The molecule has 4 N–H and O–H groups in total. The molecule has 0 saturated heterocycles. The van der Waals surface area contributed by atoms with Gasteiger partial charge in [-0.15, -0.1) is 35.3 Å². The van der Waals surface area contributed by atoms with E-state index < -0.39 is 0 Å². The minimum atomic E-state index is 0. The zero-order chi connectivity index (χ0) is 13.5. The van der Waals surface area contributed by atoms with Crippen LogP contribution in [0.1, 0.15) is 4.88 Å². The van der Waals surface area contributed by atoms with Crippen LogP contribution < -0.4 is 16.4 Å². The fourth-order valence-corrected chi connectivity index (χ4v) is 2.43. The molecule has 20 heavy (non-hydrogen) atoms. The number of hydrogen-bond donors (Lipinski definition) is 2. The summed E-state index contributed by atoms with van der Waals surface area (Å²) < 4.78 is 0. The lowest BCUT2D eigenvalue weighted by atomic mass is 10.3. The third-order valence-electron chi connectivity index (χ3n) is 2.56. The van der Waals surface area contributed by atoms with Gasteiger partial charge in [0.05, 0.1) is 13.1 Å². The number of aromatic nitrogens is 1. The van der Waals surface area contributed by atoms with Crippen molar-refractivity contribution in [1.82, 2.24) is 4.98 Å². The van der Waals surface area contributed by atoms with E-state index in [1.807, 2.05) is 24.3 Å². The van der Waals surface area contributed by atoms with Crippen molar-refractivity contribution in [1.29, 1.82) is 0 Å². The minimum absolute atomic E-state index is 0. The maximum atomic E-state index is 5.35. The maximum Gasteiger partial charge on any atom is 0.185 e. The number of halogens is 1. The van der Waals surface area contributed by atoms with Gasteiger partial charge in [-0.3, -0.25) is 4.99 Å². The van der Waals surface area contributed by atoms with Gasteiger partial charge < -0.3 is 16.4 Å². The van der Waals surface area contributed by atoms with Gasteiger partial charge in [0.15, 0.2) is 5.96 Å². The van der Waals surface area contributed by atoms with Gasteiger partial charge in [0.1, 0.15) is 5.82 Å². The molecular formula is C13H18IN5S. The molecule has 2 heterocycles. The first-order chi connectivity index (χ1) is 9.25. The summed E-state index contributed by atoms with van der Waals surface area (Å²) in [6.45, 7) is 2.10. The lowest BCUT2D eigenvalue weighted by Crippen LogP contribution is -2.28. The van der Waals surface area contributed by atoms with Crippen molar-refractivity contribution >= 4 is 47.1 Å². The second kappa shape index (κ2) is 8.75. The van der Waals surface area contributed by atoms with Gasteiger partial charge in [-0.25, -0.2) is 4.98 Å². The highest BCUT2D eigenvalue weighted by atomic mass is 127. The lowest BCUT2D eigenvalue weighted by Gasteiger charge is -2.22. The molecule has 0 aliphatic heterocycles. The monoisotopic (exact) mass is 403 g/mol. The first kappa shape index (κ1) is 16.7. The van der Waals surface area contributed by atoms with Crippen molar-refractivity contribution in [2.24, 2.45) is 16.5 Å². The minimum Gasteiger partial charge on any atom is -0.370 e. The van der Waals surface area contributed by atoms with Crippen LogP contribution in [0.4, 0.5) is 5.82 Å². The van der Waals surface area contributed by atoms with Crippen LogP contribution in [0.25, 0.3) is 0 Å². The Kier molecular flexibility index (Phi) is 7.31. The van der Waals surface area contributed by atoms with E-state index in [9.17, 15) is 0 Å². The average molecular weight is 403 g/mol. The molecule has 0 saturated carbocycles. The number of aliphatic imine (C=N–C) groups is 1. The van der Waals surface area contributed by atoms with Gasteiger partial charge in [-0.1, -0.05) is 12.1 Å². The Balaban J connectivity index is 0.00000200. The summed E-state index contributed by atoms with van der Waals surface area (Å²) >= 11 is 1.73. The molecule has 7 heteroatoms. The van der Waals surface area contributed by atoms with Crippen LogP contribution >= 0.6 is 35.3 Å². The van der Waals surface area contributed by atoms with E-state index >= 15 is 0 Å². The Morgan fingerprint density at radius 2 is 2.10 bits per heavy atom. The molecule has 0 aliphatic carbocycles. The Labute approximate surface area is 139 Å². The zero-order valence-corrected chi connectivity index (χ0v) is 14.1. The van der Waals surface area contributed by atoms with E-state index in [-0.39, 0.29) is 29.9 Å². The summed E-state index contributed by atoms with van der Waals surface area (Å²) in [4.78, 5) is 11.9. The molecule has 2 aromatic rings. The van der Waals surface area contributed by atoms with E-state index in [2.05, 4.69) is 26.3 Å². The van der Waals surface area contributed by atoms with Gasteiger partial charge in [-0.2, -0.15) is 0 Å². The number of thiophene rings is 1. The second-order valence-electron chi connectivity index (χ2n) is 4.00. The number of pyridine rings is 1. The molecule has 0 amide bonds. The number of rotatable bonds is 6. The molecular weight excluding hydrogens is 385 g/mol. The second-order valence-corrected chi connectivity index (χ2v) is 5.03. The van der Waals surface area contributed by atoms with Crippen LogP contribution in [-0.4, -0.2) is 24.0 Å². The predicted molar refractivity (Wildman–Crippen MR) is 95.7 cm³/mol. The normalized spacial score (nSPS) is 9.60. The standard InChI is InChI=1S/C13H17N5S.HI/c14-13(15)17-7-8-18(10-11-4-3-9-19-11)12-5-1-2-6-16-12;/h1-6,9H,7-8,10H2,(H4,14,15,17);1H. The van der Waals surface area contributed by atoms with Crippen LogP contribution in [-0.2, 0) is 6.54 Å². The molecule has 2 aromatic heterocycles. The molecule has 0 radical (unpaired) electrons. The number of guanidine groups is 1. The third kappa shape index (κ3) is 5.33. The average Bonchev–Trinajstić information content (AvgIpc) is 2.91. The van der Waals surface area contributed by atoms with Crippen molar-refractivity contribution in [3.05, 3.63) is 46.8 Å². The highest BCUT2D eigenvalue weighted by molar-refractivity contribution is 14.0. The topological polar surface area (TPSA) is 80.5 Å². The molecule has 0 bridgehead atoms. The molecule has 2 rings (SSSR count). The van der Waals surface area contributed by atoms with E-state index in [0.29, 0.717) is 6.54 Å². The fourth-order valence-electron chi connectivity index (χ4n) is 1.71. The Morgan fingerprint density at radius 3 is 2.70 bits per heavy atom. The number of nitrogens with two attached hydrogens (primary N) is 2. The summed E-state index contributed by atoms with van der Waals surface area (Å²) in [5.41, 5.74) is 10.7. The molecule has 0 unspecified atom stereocenters. The summed E-state index contributed by atoms with van der Waals surface area (Å²) in [7, 11) is 0. The van der Waals surface area contributed by atoms with Crippen LogP contribution in [0.2, 0.25) is 0 Å². The Hall–Kier alpha value is -1.35. The number of anilines is 1. The number of hydrogen-bond acceptors (Lipinski definition) is 4. The Morgan fingerprint density at radius 1 is 1.25 bits per heavy atom. The van der Waals surface area contributed by atoms with Crippen molar-refractivity contribution in [2.75, 3.05) is 18.0 Å². The molecule has 108 valence electrons. The molecule has 0 aliphatic rings. The Bertz CT molecular complexity index is 511. The van der Waals surface area contributed by atoms with Gasteiger partial charge in [-0.05, 0) is 23.6 Å². The zero-order valence-electron chi connectivity index (χ0n) is 11.0. The summed E-state index contributed by atoms with van der Waals surface area (Å²) in [5.74, 6) is 1.05. The molecule has 0 aromatic carbocycles. The van der Waals surface area contributed by atoms with Crippen molar-refractivity contribution < 1.29 is 0 Å². The quantitative estimate of drug-likeness (QED) is 0.440. The first-order valence-corrected chi connectivity index (χ1v) is 6.87. The van der Waals surface area contributed by atoms with Gasteiger partial charge in [0, 0.05) is 17.6 Å². The third-order valence-corrected chi connectivity index (χ3v) is 3.43. The van der Waals surface area contributed by atoms with Gasteiger partial charge >= 0.3 is 0 Å². The molecule has 0 atom stereocenters. The largest absolute Gasteiger partial charge is 0.370 e. The highest BCUT2D eigenvalue weighted by Gasteiger charge is 2.08. The summed E-state index contributed by atoms with van der Waals surface area (Å²) in [6.07, 6.45) is 1.79.